The lowest BCUT2D eigenvalue weighted by Gasteiger charge is -2.02. The number of hydrogen-bond donors (Lipinski definition) is 0. The van der Waals surface area contributed by atoms with Crippen LogP contribution in [0.3, 0.4) is 0 Å². The molecule has 0 radical (unpaired) electrons. The highest BCUT2D eigenvalue weighted by Gasteiger charge is 1.93. The topological polar surface area (TPSA) is 23.8 Å². The fourth-order valence-corrected chi connectivity index (χ4v) is 1.11. The highest BCUT2D eigenvalue weighted by atomic mass is 35.5. The Balaban J connectivity index is 0. The zero-order valence-corrected chi connectivity index (χ0v) is 8.99. The van der Waals surface area contributed by atoms with Crippen LogP contribution < -0.4 is 0 Å². The molecule has 0 aromatic heterocycles. The summed E-state index contributed by atoms with van der Waals surface area (Å²) in [5.41, 5.74) is 0. The maximum absolute atomic E-state index is 8.26. The van der Waals surface area contributed by atoms with E-state index in [4.69, 9.17) is 5.26 Å². The van der Waals surface area contributed by atoms with Crippen LogP contribution in [0, 0.1) is 17.2 Å². The second-order valence-electron chi connectivity index (χ2n) is 3.50. The molecular formula is C10H20ClN. The summed E-state index contributed by atoms with van der Waals surface area (Å²) in [4.78, 5) is 0. The van der Waals surface area contributed by atoms with Gasteiger partial charge in [-0.15, -0.1) is 12.4 Å². The molecule has 0 bridgehead atoms. The predicted molar refractivity (Wildman–Crippen MR) is 55.4 cm³/mol. The minimum atomic E-state index is 0. The number of halogens is 1. The lowest BCUT2D eigenvalue weighted by molar-refractivity contribution is 0.521. The molecule has 2 heteroatoms. The Kier molecular flexibility index (Phi) is 12.9. The van der Waals surface area contributed by atoms with Gasteiger partial charge >= 0.3 is 0 Å². The van der Waals surface area contributed by atoms with E-state index in [2.05, 4.69) is 19.9 Å². The molecule has 0 unspecified atom stereocenters. The van der Waals surface area contributed by atoms with Crippen LogP contribution in [-0.2, 0) is 0 Å². The zero-order chi connectivity index (χ0) is 8.53. The van der Waals surface area contributed by atoms with Gasteiger partial charge in [-0.25, -0.2) is 0 Å². The lowest BCUT2D eigenvalue weighted by atomic mass is 10.0. The third-order valence-electron chi connectivity index (χ3n) is 1.82. The molecule has 0 aliphatic rings. The van der Waals surface area contributed by atoms with E-state index in [0.717, 1.165) is 18.8 Å². The second-order valence-corrected chi connectivity index (χ2v) is 3.50. The summed E-state index contributed by atoms with van der Waals surface area (Å²) in [6.45, 7) is 4.52. The third kappa shape index (κ3) is 12.5. The smallest absolute Gasteiger partial charge is 0.0621 e. The van der Waals surface area contributed by atoms with Crippen LogP contribution in [0.25, 0.3) is 0 Å². The fourth-order valence-electron chi connectivity index (χ4n) is 1.11. The molecule has 0 atom stereocenters. The van der Waals surface area contributed by atoms with Crippen LogP contribution in [0.5, 0.6) is 0 Å². The summed E-state index contributed by atoms with van der Waals surface area (Å²) in [5.74, 6) is 0.839. The largest absolute Gasteiger partial charge is 0.198 e. The van der Waals surface area contributed by atoms with Gasteiger partial charge in [-0.2, -0.15) is 5.26 Å². The summed E-state index contributed by atoms with van der Waals surface area (Å²) in [7, 11) is 0. The molecule has 0 saturated carbocycles. The quantitative estimate of drug-likeness (QED) is 0.581. The Morgan fingerprint density at radius 3 is 2.17 bits per heavy atom. The van der Waals surface area contributed by atoms with E-state index >= 15 is 0 Å². The van der Waals surface area contributed by atoms with Crippen molar-refractivity contribution in [1.29, 1.82) is 5.26 Å². The molecule has 0 amide bonds. The molecule has 0 saturated heterocycles. The van der Waals surface area contributed by atoms with E-state index in [1.54, 1.807) is 0 Å². The van der Waals surface area contributed by atoms with Gasteiger partial charge < -0.3 is 0 Å². The number of nitriles is 1. The van der Waals surface area contributed by atoms with Crippen LogP contribution in [-0.4, -0.2) is 0 Å². The van der Waals surface area contributed by atoms with E-state index in [0.29, 0.717) is 0 Å². The third-order valence-corrected chi connectivity index (χ3v) is 1.82. The van der Waals surface area contributed by atoms with Crippen molar-refractivity contribution in [3.8, 4) is 6.07 Å². The molecule has 0 aliphatic carbocycles. The van der Waals surface area contributed by atoms with Gasteiger partial charge in [0.15, 0.2) is 0 Å². The average Bonchev–Trinajstić information content (AvgIpc) is 1.96. The molecule has 72 valence electrons. The standard InChI is InChI=1S/C10H19N.ClH/c1-10(2)8-6-4-3-5-7-9-11;/h10H,3-8H2,1-2H3;1H. The SMILES string of the molecule is CC(C)CCCCCCC#N.Cl. The van der Waals surface area contributed by atoms with Crippen molar-refractivity contribution in [1.82, 2.24) is 0 Å². The molecule has 0 rings (SSSR count). The lowest BCUT2D eigenvalue weighted by Crippen LogP contribution is -1.86. The molecule has 0 spiro atoms. The predicted octanol–water partition coefficient (Wildman–Crippen LogP) is 3.93. The van der Waals surface area contributed by atoms with Crippen LogP contribution in [0.15, 0.2) is 0 Å². The second kappa shape index (κ2) is 10.8. The molecule has 0 aliphatic heterocycles. The van der Waals surface area contributed by atoms with Crippen LogP contribution in [0.2, 0.25) is 0 Å². The summed E-state index contributed by atoms with van der Waals surface area (Å²) in [6, 6.07) is 2.17. The van der Waals surface area contributed by atoms with Crippen molar-refractivity contribution in [3.05, 3.63) is 0 Å². The van der Waals surface area contributed by atoms with Gasteiger partial charge in [0.25, 0.3) is 0 Å². The van der Waals surface area contributed by atoms with Crippen molar-refractivity contribution in [3.63, 3.8) is 0 Å². The van der Waals surface area contributed by atoms with Gasteiger partial charge in [0.2, 0.25) is 0 Å². The first-order valence-corrected chi connectivity index (χ1v) is 4.64. The number of hydrogen-bond acceptors (Lipinski definition) is 1. The highest BCUT2D eigenvalue weighted by Crippen LogP contribution is 2.09. The molecule has 0 heterocycles. The molecule has 0 fully saturated rings. The molecule has 0 N–H and O–H groups in total. The van der Waals surface area contributed by atoms with Crippen LogP contribution >= 0.6 is 12.4 Å². The molecular weight excluding hydrogens is 170 g/mol. The van der Waals surface area contributed by atoms with Crippen molar-refractivity contribution in [2.75, 3.05) is 0 Å². The van der Waals surface area contributed by atoms with Gasteiger partial charge in [-0.1, -0.05) is 39.5 Å². The van der Waals surface area contributed by atoms with Gasteiger partial charge in [0, 0.05) is 6.42 Å². The monoisotopic (exact) mass is 189 g/mol. The Morgan fingerprint density at radius 1 is 1.08 bits per heavy atom. The van der Waals surface area contributed by atoms with E-state index in [1.807, 2.05) is 0 Å². The van der Waals surface area contributed by atoms with E-state index in [-0.39, 0.29) is 12.4 Å². The van der Waals surface area contributed by atoms with Gasteiger partial charge in [0.1, 0.15) is 0 Å². The van der Waals surface area contributed by atoms with Crippen LogP contribution in [0.4, 0.5) is 0 Å². The zero-order valence-electron chi connectivity index (χ0n) is 8.18. The van der Waals surface area contributed by atoms with E-state index in [1.165, 1.54) is 25.7 Å². The minimum absolute atomic E-state index is 0. The van der Waals surface area contributed by atoms with Crippen molar-refractivity contribution < 1.29 is 0 Å². The van der Waals surface area contributed by atoms with Gasteiger partial charge in [0.05, 0.1) is 6.07 Å². The summed E-state index contributed by atoms with van der Waals surface area (Å²) in [6.07, 6.45) is 7.05. The summed E-state index contributed by atoms with van der Waals surface area (Å²) < 4.78 is 0. The molecule has 0 aromatic rings. The average molecular weight is 190 g/mol. The Morgan fingerprint density at radius 2 is 1.67 bits per heavy atom. The van der Waals surface area contributed by atoms with Crippen LogP contribution in [0.1, 0.15) is 52.4 Å². The summed E-state index contributed by atoms with van der Waals surface area (Å²) in [5, 5.41) is 8.26. The summed E-state index contributed by atoms with van der Waals surface area (Å²) >= 11 is 0. The van der Waals surface area contributed by atoms with Crippen molar-refractivity contribution >= 4 is 12.4 Å². The minimum Gasteiger partial charge on any atom is -0.198 e. The first kappa shape index (κ1) is 14.3. The maximum Gasteiger partial charge on any atom is 0.0621 e. The normalized spacial score (nSPS) is 9.17. The van der Waals surface area contributed by atoms with Gasteiger partial charge in [-0.05, 0) is 12.3 Å². The van der Waals surface area contributed by atoms with E-state index in [9.17, 15) is 0 Å². The van der Waals surface area contributed by atoms with Gasteiger partial charge in [-0.3, -0.25) is 0 Å². The Hall–Kier alpha value is -0.220. The van der Waals surface area contributed by atoms with Crippen molar-refractivity contribution in [2.24, 2.45) is 5.92 Å². The number of nitrogens with zero attached hydrogens (tertiary/aromatic N) is 1. The Labute approximate surface area is 82.6 Å². The highest BCUT2D eigenvalue weighted by molar-refractivity contribution is 5.85. The first-order chi connectivity index (χ1) is 5.27. The first-order valence-electron chi connectivity index (χ1n) is 4.64. The maximum atomic E-state index is 8.26. The number of rotatable bonds is 6. The molecule has 12 heavy (non-hydrogen) atoms. The van der Waals surface area contributed by atoms with E-state index < -0.39 is 0 Å². The molecule has 0 aromatic carbocycles. The van der Waals surface area contributed by atoms with Crippen molar-refractivity contribution in [2.45, 2.75) is 52.4 Å². The fraction of sp³-hybridized carbons (Fsp3) is 0.900. The number of unbranched alkanes of at least 4 members (excludes halogenated alkanes) is 4. The Bertz CT molecular complexity index is 115. The molecule has 1 nitrogen and oxygen atoms in total.